The van der Waals surface area contributed by atoms with Crippen molar-refractivity contribution in [2.24, 2.45) is 7.05 Å². The molecule has 0 amide bonds. The van der Waals surface area contributed by atoms with E-state index in [0.717, 1.165) is 28.1 Å². The lowest BCUT2D eigenvalue weighted by molar-refractivity contribution is 0.813. The quantitative estimate of drug-likeness (QED) is 0.702. The van der Waals surface area contributed by atoms with Gasteiger partial charge in [0, 0.05) is 31.0 Å². The van der Waals surface area contributed by atoms with Crippen molar-refractivity contribution >= 4 is 22.3 Å². The third-order valence-electron chi connectivity index (χ3n) is 3.18. The van der Waals surface area contributed by atoms with Crippen molar-refractivity contribution in [1.82, 2.24) is 14.5 Å². The van der Waals surface area contributed by atoms with Crippen molar-refractivity contribution in [3.8, 4) is 0 Å². The van der Waals surface area contributed by atoms with Crippen LogP contribution < -0.4 is 11.1 Å². The number of nitrogens with zero attached hydrogens (tertiary/aromatic N) is 3. The van der Waals surface area contributed by atoms with Crippen molar-refractivity contribution in [2.75, 3.05) is 11.1 Å². The van der Waals surface area contributed by atoms with Gasteiger partial charge in [0.2, 0.25) is 0 Å². The maximum atomic E-state index is 6.17. The lowest BCUT2D eigenvalue weighted by Crippen LogP contribution is -2.07. The monoisotopic (exact) mass is 253 g/mol. The number of nitrogen functional groups attached to an aromatic ring is 1. The molecule has 0 radical (unpaired) electrons. The fraction of sp³-hybridized carbons (Fsp3) is 0.143. The van der Waals surface area contributed by atoms with Gasteiger partial charge in [0.15, 0.2) is 0 Å². The smallest absolute Gasteiger partial charge is 0.127 e. The summed E-state index contributed by atoms with van der Waals surface area (Å²) < 4.78 is 1.98. The number of nitrogens with one attached hydrogen (secondary N) is 1. The molecule has 0 atom stereocenters. The highest BCUT2D eigenvalue weighted by Crippen LogP contribution is 2.27. The highest BCUT2D eigenvalue weighted by molar-refractivity contribution is 5.96. The van der Waals surface area contributed by atoms with Crippen LogP contribution in [0.25, 0.3) is 10.9 Å². The van der Waals surface area contributed by atoms with E-state index in [1.54, 1.807) is 12.4 Å². The molecule has 0 fully saturated rings. The van der Waals surface area contributed by atoms with Crippen molar-refractivity contribution in [1.29, 1.82) is 0 Å². The molecule has 0 aliphatic carbocycles. The van der Waals surface area contributed by atoms with Gasteiger partial charge >= 0.3 is 0 Å². The number of aromatic nitrogens is 3. The van der Waals surface area contributed by atoms with E-state index in [9.17, 15) is 0 Å². The highest BCUT2D eigenvalue weighted by atomic mass is 15.1. The molecular weight excluding hydrogens is 238 g/mol. The maximum absolute atomic E-state index is 6.17. The first-order valence-electron chi connectivity index (χ1n) is 6.09. The van der Waals surface area contributed by atoms with Gasteiger partial charge < -0.3 is 15.6 Å². The Hall–Kier alpha value is -2.56. The van der Waals surface area contributed by atoms with Crippen LogP contribution in [0.15, 0.2) is 42.9 Å². The minimum atomic E-state index is 0.638. The molecule has 1 aromatic carbocycles. The molecule has 96 valence electrons. The van der Waals surface area contributed by atoms with E-state index in [4.69, 9.17) is 5.73 Å². The summed E-state index contributed by atoms with van der Waals surface area (Å²) in [4.78, 5) is 8.55. The van der Waals surface area contributed by atoms with Gasteiger partial charge in [0.25, 0.3) is 0 Å². The van der Waals surface area contributed by atoms with Gasteiger partial charge in [-0.05, 0) is 24.3 Å². The number of aryl methyl sites for hydroxylation is 1. The van der Waals surface area contributed by atoms with Crippen molar-refractivity contribution in [3.63, 3.8) is 0 Å². The second-order valence-electron chi connectivity index (χ2n) is 4.40. The van der Waals surface area contributed by atoms with E-state index < -0.39 is 0 Å². The van der Waals surface area contributed by atoms with E-state index in [1.165, 1.54) is 0 Å². The minimum absolute atomic E-state index is 0.638. The average Bonchev–Trinajstić information content (AvgIpc) is 2.84. The molecule has 0 aliphatic rings. The van der Waals surface area contributed by atoms with Crippen LogP contribution >= 0.6 is 0 Å². The normalized spacial score (nSPS) is 10.8. The molecule has 3 aromatic rings. The fourth-order valence-electron chi connectivity index (χ4n) is 2.07. The zero-order valence-corrected chi connectivity index (χ0v) is 10.7. The van der Waals surface area contributed by atoms with Crippen molar-refractivity contribution in [2.45, 2.75) is 6.54 Å². The number of pyridine rings is 1. The van der Waals surface area contributed by atoms with Gasteiger partial charge in [-0.1, -0.05) is 0 Å². The van der Waals surface area contributed by atoms with E-state index in [2.05, 4.69) is 15.3 Å². The number of anilines is 2. The van der Waals surface area contributed by atoms with E-state index in [-0.39, 0.29) is 0 Å². The van der Waals surface area contributed by atoms with Crippen LogP contribution in [0.4, 0.5) is 11.4 Å². The lowest BCUT2D eigenvalue weighted by atomic mass is 10.1. The number of imidazole rings is 1. The minimum Gasteiger partial charge on any atom is -0.397 e. The summed E-state index contributed by atoms with van der Waals surface area (Å²) in [5.74, 6) is 0.964. The molecular formula is C14H15N5. The van der Waals surface area contributed by atoms with Gasteiger partial charge in [-0.25, -0.2) is 4.98 Å². The largest absolute Gasteiger partial charge is 0.397 e. The Labute approximate surface area is 111 Å². The van der Waals surface area contributed by atoms with Crippen LogP contribution in [-0.4, -0.2) is 14.5 Å². The Bertz CT molecular complexity index is 717. The summed E-state index contributed by atoms with van der Waals surface area (Å²) in [7, 11) is 1.97. The zero-order valence-electron chi connectivity index (χ0n) is 10.7. The molecule has 0 saturated heterocycles. The number of hydrogen-bond donors (Lipinski definition) is 2. The molecule has 2 heterocycles. The summed E-state index contributed by atoms with van der Waals surface area (Å²) in [6, 6.07) is 7.78. The third-order valence-corrected chi connectivity index (χ3v) is 3.18. The van der Waals surface area contributed by atoms with Gasteiger partial charge in [0.1, 0.15) is 5.82 Å². The Kier molecular flexibility index (Phi) is 2.79. The Morgan fingerprint density at radius 3 is 2.89 bits per heavy atom. The Morgan fingerprint density at radius 1 is 1.21 bits per heavy atom. The lowest BCUT2D eigenvalue weighted by Gasteiger charge is -2.11. The molecule has 0 spiro atoms. The Balaban J connectivity index is 1.89. The molecule has 0 unspecified atom stereocenters. The summed E-state index contributed by atoms with van der Waals surface area (Å²) in [6.07, 6.45) is 5.47. The highest BCUT2D eigenvalue weighted by Gasteiger charge is 2.05. The summed E-state index contributed by atoms with van der Waals surface area (Å²) in [5.41, 5.74) is 8.70. The summed E-state index contributed by atoms with van der Waals surface area (Å²) in [5, 5.41) is 4.28. The molecule has 0 saturated carbocycles. The predicted octanol–water partition coefficient (Wildman–Crippen LogP) is 2.16. The molecule has 5 nitrogen and oxygen atoms in total. The predicted molar refractivity (Wildman–Crippen MR) is 76.7 cm³/mol. The SMILES string of the molecule is Cn1ccnc1CNc1ccc2ncccc2c1N. The molecule has 3 rings (SSSR count). The van der Waals surface area contributed by atoms with Crippen LogP contribution in [0.2, 0.25) is 0 Å². The number of hydrogen-bond acceptors (Lipinski definition) is 4. The first-order valence-corrected chi connectivity index (χ1v) is 6.09. The first kappa shape index (κ1) is 11.5. The molecule has 5 heteroatoms. The molecule has 2 aromatic heterocycles. The zero-order chi connectivity index (χ0) is 13.2. The van der Waals surface area contributed by atoms with Gasteiger partial charge in [-0.15, -0.1) is 0 Å². The van der Waals surface area contributed by atoms with Crippen LogP contribution in [-0.2, 0) is 13.6 Å². The summed E-state index contributed by atoms with van der Waals surface area (Å²) in [6.45, 7) is 0.638. The molecule has 3 N–H and O–H groups in total. The van der Waals surface area contributed by atoms with Crippen molar-refractivity contribution < 1.29 is 0 Å². The van der Waals surface area contributed by atoms with E-state index in [0.29, 0.717) is 6.54 Å². The molecule has 0 aliphatic heterocycles. The second-order valence-corrected chi connectivity index (χ2v) is 4.40. The number of fused-ring (bicyclic) bond motifs is 1. The third kappa shape index (κ3) is 2.10. The second kappa shape index (κ2) is 4.61. The molecule has 19 heavy (non-hydrogen) atoms. The van der Waals surface area contributed by atoms with Crippen LogP contribution in [0.1, 0.15) is 5.82 Å². The number of nitrogens with two attached hydrogens (primary N) is 1. The van der Waals surface area contributed by atoms with Crippen LogP contribution in [0.3, 0.4) is 0 Å². The summed E-state index contributed by atoms with van der Waals surface area (Å²) >= 11 is 0. The maximum Gasteiger partial charge on any atom is 0.127 e. The van der Waals surface area contributed by atoms with E-state index >= 15 is 0 Å². The van der Waals surface area contributed by atoms with Gasteiger partial charge in [-0.2, -0.15) is 0 Å². The van der Waals surface area contributed by atoms with Crippen LogP contribution in [0, 0.1) is 0 Å². The first-order chi connectivity index (χ1) is 9.25. The number of rotatable bonds is 3. The van der Waals surface area contributed by atoms with E-state index in [1.807, 2.05) is 42.1 Å². The van der Waals surface area contributed by atoms with Gasteiger partial charge in [0.05, 0.1) is 23.4 Å². The molecule has 0 bridgehead atoms. The standard InChI is InChI=1S/C14H15N5/c1-19-8-7-17-13(19)9-18-12-5-4-11-10(14(12)15)3-2-6-16-11/h2-8,18H,9,15H2,1H3. The number of benzene rings is 1. The average molecular weight is 253 g/mol. The Morgan fingerprint density at radius 2 is 2.11 bits per heavy atom. The van der Waals surface area contributed by atoms with Gasteiger partial charge in [-0.3, -0.25) is 4.98 Å². The fourth-order valence-corrected chi connectivity index (χ4v) is 2.07. The topological polar surface area (TPSA) is 68.8 Å². The van der Waals surface area contributed by atoms with Crippen molar-refractivity contribution in [3.05, 3.63) is 48.7 Å². The van der Waals surface area contributed by atoms with Crippen LogP contribution in [0.5, 0.6) is 0 Å².